The number of nitrogens with zero attached hydrogens (tertiary/aromatic N) is 7. The van der Waals surface area contributed by atoms with E-state index in [0.29, 0.717) is 31.9 Å². The number of aryl methyl sites for hydroxylation is 1. The third-order valence-corrected chi connectivity index (χ3v) is 4.39. The minimum atomic E-state index is -0.816. The fraction of sp³-hybridized carbons (Fsp3) is 0.500. The summed E-state index contributed by atoms with van der Waals surface area (Å²) in [6.07, 6.45) is 4.47. The second-order valence-electron chi connectivity index (χ2n) is 6.11. The quantitative estimate of drug-likeness (QED) is 0.819. The number of alkyl halides is 1. The van der Waals surface area contributed by atoms with Crippen molar-refractivity contribution >= 4 is 5.82 Å². The molecule has 126 valence electrons. The minimum Gasteiger partial charge on any atom is -0.357 e. The maximum absolute atomic E-state index is 14.0. The van der Waals surface area contributed by atoms with Crippen LogP contribution >= 0.6 is 0 Å². The van der Waals surface area contributed by atoms with Gasteiger partial charge in [-0.1, -0.05) is 0 Å². The molecule has 0 saturated carbocycles. The lowest BCUT2D eigenvalue weighted by Crippen LogP contribution is -2.39. The molecular weight excluding hydrogens is 309 g/mol. The summed E-state index contributed by atoms with van der Waals surface area (Å²) in [7, 11) is 3.80. The third-order valence-electron chi connectivity index (χ3n) is 4.39. The van der Waals surface area contributed by atoms with Crippen LogP contribution in [-0.2, 0) is 13.6 Å². The molecule has 1 saturated heterocycles. The zero-order chi connectivity index (χ0) is 17.1. The molecule has 3 heterocycles. The van der Waals surface area contributed by atoms with Crippen molar-refractivity contribution in [2.24, 2.45) is 7.05 Å². The number of aromatic nitrogens is 4. The van der Waals surface area contributed by atoms with Gasteiger partial charge in [-0.25, -0.2) is 14.4 Å². The topological polar surface area (TPSA) is 73.9 Å². The molecule has 0 N–H and O–H groups in total. The van der Waals surface area contributed by atoms with E-state index in [0.717, 1.165) is 5.69 Å². The van der Waals surface area contributed by atoms with Gasteiger partial charge in [0.05, 0.1) is 18.1 Å². The van der Waals surface area contributed by atoms with Gasteiger partial charge in [-0.2, -0.15) is 10.4 Å². The third kappa shape index (κ3) is 3.51. The number of hydrogen-bond donors (Lipinski definition) is 0. The van der Waals surface area contributed by atoms with E-state index in [1.54, 1.807) is 12.4 Å². The number of anilines is 1. The number of likely N-dealkylation sites (tertiary alicyclic amines) is 1. The first-order chi connectivity index (χ1) is 11.6. The number of hydrogen-bond acceptors (Lipinski definition) is 6. The predicted octanol–water partition coefficient (Wildman–Crippen LogP) is 1.13. The second-order valence-corrected chi connectivity index (χ2v) is 6.11. The number of nitriles is 1. The van der Waals surface area contributed by atoms with Crippen LogP contribution in [0.25, 0.3) is 0 Å². The molecule has 0 amide bonds. The van der Waals surface area contributed by atoms with Crippen molar-refractivity contribution < 1.29 is 4.39 Å². The Morgan fingerprint density at radius 3 is 2.88 bits per heavy atom. The van der Waals surface area contributed by atoms with E-state index in [1.165, 1.54) is 6.20 Å². The Bertz CT molecular complexity index is 721. The van der Waals surface area contributed by atoms with Crippen molar-refractivity contribution in [3.05, 3.63) is 36.0 Å². The average molecular weight is 329 g/mol. The van der Waals surface area contributed by atoms with Crippen molar-refractivity contribution in [2.75, 3.05) is 25.0 Å². The van der Waals surface area contributed by atoms with Crippen LogP contribution in [-0.4, -0.2) is 57.0 Å². The Kier molecular flexibility index (Phi) is 4.71. The second kappa shape index (κ2) is 6.93. The summed E-state index contributed by atoms with van der Waals surface area (Å²) in [5.41, 5.74) is 1.35. The molecule has 0 bridgehead atoms. The molecule has 1 aliphatic rings. The molecule has 8 heteroatoms. The fourth-order valence-electron chi connectivity index (χ4n) is 3.06. The first kappa shape index (κ1) is 16.3. The molecule has 0 radical (unpaired) electrons. The molecule has 2 atom stereocenters. The molecule has 7 nitrogen and oxygen atoms in total. The molecule has 0 aliphatic carbocycles. The first-order valence-corrected chi connectivity index (χ1v) is 7.85. The lowest BCUT2D eigenvalue weighted by atomic mass is 10.2. The highest BCUT2D eigenvalue weighted by atomic mass is 19.1. The summed E-state index contributed by atoms with van der Waals surface area (Å²) in [4.78, 5) is 12.4. The lowest BCUT2D eigenvalue weighted by Gasteiger charge is -2.28. The van der Waals surface area contributed by atoms with Gasteiger partial charge >= 0.3 is 0 Å². The van der Waals surface area contributed by atoms with Crippen molar-refractivity contribution in [3.63, 3.8) is 0 Å². The Balaban J connectivity index is 1.67. The van der Waals surface area contributed by atoms with Crippen molar-refractivity contribution in [3.8, 4) is 6.07 Å². The Hall–Kier alpha value is -2.53. The van der Waals surface area contributed by atoms with Gasteiger partial charge in [0.25, 0.3) is 0 Å². The summed E-state index contributed by atoms with van der Waals surface area (Å²) in [5, 5.41) is 13.0. The highest BCUT2D eigenvalue weighted by Crippen LogP contribution is 2.24. The van der Waals surface area contributed by atoms with E-state index >= 15 is 0 Å². The van der Waals surface area contributed by atoms with Crippen LogP contribution in [0.15, 0.2) is 24.7 Å². The first-order valence-electron chi connectivity index (χ1n) is 7.85. The Morgan fingerprint density at radius 1 is 1.42 bits per heavy atom. The minimum absolute atomic E-state index is 0.0948. The van der Waals surface area contributed by atoms with Gasteiger partial charge in [0.1, 0.15) is 18.1 Å². The van der Waals surface area contributed by atoms with E-state index in [4.69, 9.17) is 5.26 Å². The summed E-state index contributed by atoms with van der Waals surface area (Å²) < 4.78 is 15.8. The van der Waals surface area contributed by atoms with Gasteiger partial charge in [0, 0.05) is 46.0 Å². The summed E-state index contributed by atoms with van der Waals surface area (Å²) in [5.74, 6) is 0.678. The molecule has 0 spiro atoms. The van der Waals surface area contributed by atoms with Crippen LogP contribution < -0.4 is 4.90 Å². The highest BCUT2D eigenvalue weighted by molar-refractivity contribution is 5.36. The largest absolute Gasteiger partial charge is 0.357 e. The summed E-state index contributed by atoms with van der Waals surface area (Å²) in [6.45, 7) is 1.76. The van der Waals surface area contributed by atoms with Gasteiger partial charge in [-0.15, -0.1) is 0 Å². The Morgan fingerprint density at radius 2 is 2.25 bits per heavy atom. The SMILES string of the molecule is CN(C[C@@H]1C[C@H](F)CN1Cc1ccnn1C)c1cnc(C#N)cn1. The number of likely N-dealkylation sites (N-methyl/N-ethyl adjacent to an activating group) is 1. The van der Waals surface area contributed by atoms with Gasteiger partial charge in [0.2, 0.25) is 0 Å². The average Bonchev–Trinajstić information content (AvgIpc) is 3.13. The van der Waals surface area contributed by atoms with E-state index in [2.05, 4.69) is 20.0 Å². The normalized spacial score (nSPS) is 20.9. The monoisotopic (exact) mass is 329 g/mol. The molecule has 3 rings (SSSR count). The van der Waals surface area contributed by atoms with E-state index in [-0.39, 0.29) is 11.7 Å². The van der Waals surface area contributed by atoms with Crippen molar-refractivity contribution in [1.82, 2.24) is 24.6 Å². The van der Waals surface area contributed by atoms with Gasteiger partial charge in [0.15, 0.2) is 5.69 Å². The van der Waals surface area contributed by atoms with Crippen LogP contribution in [0.5, 0.6) is 0 Å². The zero-order valence-electron chi connectivity index (χ0n) is 13.8. The van der Waals surface area contributed by atoms with Crippen molar-refractivity contribution in [2.45, 2.75) is 25.2 Å². The molecule has 1 aliphatic heterocycles. The van der Waals surface area contributed by atoms with Gasteiger partial charge in [-0.05, 0) is 12.5 Å². The maximum atomic E-state index is 14.0. The smallest absolute Gasteiger partial charge is 0.158 e. The molecule has 2 aromatic rings. The van der Waals surface area contributed by atoms with Crippen LogP contribution in [0.3, 0.4) is 0 Å². The number of halogens is 1. The van der Waals surface area contributed by atoms with E-state index in [9.17, 15) is 4.39 Å². The zero-order valence-corrected chi connectivity index (χ0v) is 13.8. The highest BCUT2D eigenvalue weighted by Gasteiger charge is 2.33. The van der Waals surface area contributed by atoms with Gasteiger partial charge < -0.3 is 4.90 Å². The lowest BCUT2D eigenvalue weighted by molar-refractivity contribution is 0.231. The summed E-state index contributed by atoms with van der Waals surface area (Å²) in [6, 6.07) is 4.00. The standard InChI is InChI=1S/C16H20FN7/c1-22(16-8-19-13(6-18)7-20-16)10-15-5-12(17)9-24(15)11-14-3-4-21-23(14)2/h3-4,7-8,12,15H,5,9-11H2,1-2H3/t12-,15-/m0/s1. The van der Waals surface area contributed by atoms with Crippen molar-refractivity contribution in [1.29, 1.82) is 5.26 Å². The molecule has 0 aromatic carbocycles. The predicted molar refractivity (Wildman–Crippen MR) is 86.9 cm³/mol. The van der Waals surface area contributed by atoms with Crippen LogP contribution in [0.4, 0.5) is 10.2 Å². The maximum Gasteiger partial charge on any atom is 0.158 e. The van der Waals surface area contributed by atoms with Crippen LogP contribution in [0, 0.1) is 11.3 Å². The molecule has 2 aromatic heterocycles. The fourth-order valence-corrected chi connectivity index (χ4v) is 3.06. The molecule has 0 unspecified atom stereocenters. The molecular formula is C16H20FN7. The molecule has 1 fully saturated rings. The Labute approximate surface area is 140 Å². The number of rotatable bonds is 5. The van der Waals surface area contributed by atoms with Crippen LogP contribution in [0.1, 0.15) is 17.8 Å². The summed E-state index contributed by atoms with van der Waals surface area (Å²) >= 11 is 0. The van der Waals surface area contributed by atoms with E-state index < -0.39 is 6.17 Å². The molecule has 24 heavy (non-hydrogen) atoms. The van der Waals surface area contributed by atoms with E-state index in [1.807, 2.05) is 35.8 Å². The van der Waals surface area contributed by atoms with Crippen LogP contribution in [0.2, 0.25) is 0 Å². The van der Waals surface area contributed by atoms with Gasteiger partial charge in [-0.3, -0.25) is 9.58 Å².